The average molecular weight is 566 g/mol. The van der Waals surface area contributed by atoms with Crippen molar-refractivity contribution in [3.8, 4) is 11.1 Å². The van der Waals surface area contributed by atoms with E-state index in [0.29, 0.717) is 74.6 Å². The van der Waals surface area contributed by atoms with Crippen molar-refractivity contribution in [2.75, 3.05) is 56.4 Å². The van der Waals surface area contributed by atoms with Crippen LogP contribution in [0.1, 0.15) is 50.4 Å². The zero-order valence-electron chi connectivity index (χ0n) is 23.4. The van der Waals surface area contributed by atoms with E-state index < -0.39 is 5.41 Å². The molecule has 3 aromatic rings. The Morgan fingerprint density at radius 1 is 1.10 bits per heavy atom. The Bertz CT molecular complexity index is 1400. The molecule has 5 rings (SSSR count). The molecule has 0 unspecified atom stereocenters. The van der Waals surface area contributed by atoms with Crippen molar-refractivity contribution >= 4 is 50.9 Å². The second-order valence-corrected chi connectivity index (χ2v) is 11.3. The first-order valence-corrected chi connectivity index (χ1v) is 14.5. The predicted octanol–water partition coefficient (Wildman–Crippen LogP) is 4.23. The summed E-state index contributed by atoms with van der Waals surface area (Å²) in [7, 11) is 1.96. The quantitative estimate of drug-likeness (QED) is 0.292. The Labute approximate surface area is 237 Å². The fourth-order valence-electron chi connectivity index (χ4n) is 5.42. The number of carbonyl (C=O) groups excluding carboxylic acids is 3. The van der Waals surface area contributed by atoms with Gasteiger partial charge in [-0.2, -0.15) is 0 Å². The molecule has 2 fully saturated rings. The molecule has 11 nitrogen and oxygen atoms in total. The topological polar surface area (TPSA) is 112 Å². The average Bonchev–Trinajstić information content (AvgIpc) is 3.42. The lowest BCUT2D eigenvalue weighted by Gasteiger charge is -2.39. The molecule has 0 spiro atoms. The lowest BCUT2D eigenvalue weighted by Crippen LogP contribution is -2.56. The third-order valence-corrected chi connectivity index (χ3v) is 9.05. The maximum atomic E-state index is 13.0. The van der Waals surface area contributed by atoms with Gasteiger partial charge in [0.1, 0.15) is 0 Å². The van der Waals surface area contributed by atoms with Gasteiger partial charge in [0, 0.05) is 43.2 Å². The molecular formula is C28H35N7O4S. The van der Waals surface area contributed by atoms with Crippen LogP contribution in [-0.4, -0.2) is 89.7 Å². The number of esters is 1. The van der Waals surface area contributed by atoms with Crippen LogP contribution < -0.4 is 9.80 Å². The molecular weight excluding hydrogens is 530 g/mol. The van der Waals surface area contributed by atoms with E-state index in [1.807, 2.05) is 44.9 Å². The molecule has 0 atom stereocenters. The molecule has 0 saturated carbocycles. The van der Waals surface area contributed by atoms with Crippen molar-refractivity contribution in [3.05, 3.63) is 30.1 Å². The van der Waals surface area contributed by atoms with Crippen molar-refractivity contribution in [1.29, 1.82) is 0 Å². The summed E-state index contributed by atoms with van der Waals surface area (Å²) in [5, 5.41) is 0.563. The number of aromatic nitrogens is 3. The summed E-state index contributed by atoms with van der Waals surface area (Å²) in [5.41, 5.74) is 2.26. The number of aldehydes is 1. The molecule has 2 aliphatic rings. The molecule has 212 valence electrons. The van der Waals surface area contributed by atoms with Crippen molar-refractivity contribution in [2.45, 2.75) is 40.0 Å². The van der Waals surface area contributed by atoms with Crippen molar-refractivity contribution in [2.24, 2.45) is 5.41 Å². The molecule has 2 aliphatic heterocycles. The molecule has 0 radical (unpaired) electrons. The van der Waals surface area contributed by atoms with Gasteiger partial charge in [-0.05, 0) is 57.9 Å². The SMILES string of the molecule is CCOC(=O)C1(CC)CCN(c2ncc(-c3cc(C=O)c4sc(N5CN(C)CN(CC)C5=O)nc4c3)cn2)CC1. The predicted molar refractivity (Wildman–Crippen MR) is 155 cm³/mol. The number of ether oxygens (including phenoxy) is 1. The summed E-state index contributed by atoms with van der Waals surface area (Å²) in [6, 6.07) is 3.63. The van der Waals surface area contributed by atoms with Gasteiger partial charge in [-0.3, -0.25) is 19.4 Å². The molecule has 2 aromatic heterocycles. The van der Waals surface area contributed by atoms with Gasteiger partial charge in [0.25, 0.3) is 0 Å². The highest BCUT2D eigenvalue weighted by atomic mass is 32.1. The first-order valence-electron chi connectivity index (χ1n) is 13.7. The minimum atomic E-state index is -0.442. The molecule has 2 saturated heterocycles. The Balaban J connectivity index is 1.37. The lowest BCUT2D eigenvalue weighted by molar-refractivity contribution is -0.157. The first-order chi connectivity index (χ1) is 19.3. The Kier molecular flexibility index (Phi) is 7.99. The summed E-state index contributed by atoms with van der Waals surface area (Å²) in [5.74, 6) is 0.498. The summed E-state index contributed by atoms with van der Waals surface area (Å²) in [4.78, 5) is 59.1. The number of anilines is 2. The number of hydrogen-bond donors (Lipinski definition) is 0. The van der Waals surface area contributed by atoms with E-state index in [4.69, 9.17) is 9.72 Å². The van der Waals surface area contributed by atoms with E-state index in [-0.39, 0.29) is 12.0 Å². The van der Waals surface area contributed by atoms with E-state index in [9.17, 15) is 14.4 Å². The van der Waals surface area contributed by atoms with Crippen molar-refractivity contribution in [3.63, 3.8) is 0 Å². The minimum Gasteiger partial charge on any atom is -0.466 e. The molecule has 2 amide bonds. The minimum absolute atomic E-state index is 0.0901. The van der Waals surface area contributed by atoms with E-state index in [1.54, 1.807) is 22.2 Å². The van der Waals surface area contributed by atoms with E-state index in [0.717, 1.165) is 28.5 Å². The second kappa shape index (κ2) is 11.5. The number of benzene rings is 1. The number of piperidine rings is 1. The van der Waals surface area contributed by atoms with Gasteiger partial charge in [0.05, 0.1) is 35.6 Å². The third kappa shape index (κ3) is 5.13. The number of fused-ring (bicyclic) bond motifs is 1. The summed E-state index contributed by atoms with van der Waals surface area (Å²) < 4.78 is 6.09. The van der Waals surface area contributed by atoms with Gasteiger partial charge in [0.15, 0.2) is 11.4 Å². The highest BCUT2D eigenvalue weighted by Crippen LogP contribution is 2.38. The van der Waals surface area contributed by atoms with Gasteiger partial charge in [-0.1, -0.05) is 18.3 Å². The third-order valence-electron chi connectivity index (χ3n) is 7.90. The largest absolute Gasteiger partial charge is 0.466 e. The van der Waals surface area contributed by atoms with Gasteiger partial charge >= 0.3 is 12.0 Å². The van der Waals surface area contributed by atoms with E-state index in [2.05, 4.69) is 14.9 Å². The Morgan fingerprint density at radius 2 is 1.82 bits per heavy atom. The van der Waals surface area contributed by atoms with Crippen LogP contribution >= 0.6 is 11.3 Å². The maximum Gasteiger partial charge on any atom is 0.328 e. The number of carbonyl (C=O) groups is 3. The summed E-state index contributed by atoms with van der Waals surface area (Å²) in [6.45, 7) is 9.17. The number of urea groups is 1. The zero-order chi connectivity index (χ0) is 28.4. The standard InChI is InChI=1S/C28H35N7O4S/c1-5-28(24(37)39-7-3)8-10-34(11-9-28)25-29-14-21(15-30-25)19-12-20(16-36)23-22(13-19)31-26(40-23)35-18-32(4)17-33(6-2)27(35)38/h12-16H,5-11,17-18H2,1-4H3. The van der Waals surface area contributed by atoms with Crippen LogP contribution in [0.5, 0.6) is 0 Å². The molecule has 12 heteroatoms. The molecule has 0 aliphatic carbocycles. The number of amides is 2. The number of rotatable bonds is 8. The smallest absolute Gasteiger partial charge is 0.328 e. The Morgan fingerprint density at radius 3 is 2.45 bits per heavy atom. The van der Waals surface area contributed by atoms with Crippen molar-refractivity contribution < 1.29 is 19.1 Å². The molecule has 1 aromatic carbocycles. The monoisotopic (exact) mass is 565 g/mol. The molecule has 4 heterocycles. The van der Waals surface area contributed by atoms with Crippen LogP contribution in [-0.2, 0) is 9.53 Å². The number of hydrogen-bond acceptors (Lipinski definition) is 10. The number of nitrogens with zero attached hydrogens (tertiary/aromatic N) is 7. The van der Waals surface area contributed by atoms with E-state index >= 15 is 0 Å². The van der Waals surface area contributed by atoms with Crippen LogP contribution in [0.3, 0.4) is 0 Å². The van der Waals surface area contributed by atoms with Crippen LogP contribution in [0.15, 0.2) is 24.5 Å². The molecule has 40 heavy (non-hydrogen) atoms. The van der Waals surface area contributed by atoms with Crippen LogP contribution in [0, 0.1) is 5.41 Å². The second-order valence-electron chi connectivity index (χ2n) is 10.3. The van der Waals surface area contributed by atoms with Crippen LogP contribution in [0.4, 0.5) is 15.9 Å². The molecule has 0 N–H and O–H groups in total. The summed E-state index contributed by atoms with van der Waals surface area (Å²) >= 11 is 1.34. The maximum absolute atomic E-state index is 13.0. The van der Waals surface area contributed by atoms with Gasteiger partial charge in [-0.25, -0.2) is 19.7 Å². The van der Waals surface area contributed by atoms with Gasteiger partial charge < -0.3 is 14.5 Å². The first kappa shape index (κ1) is 27.9. The van der Waals surface area contributed by atoms with Crippen molar-refractivity contribution in [1.82, 2.24) is 24.8 Å². The normalized spacial score (nSPS) is 17.9. The van der Waals surface area contributed by atoms with Crippen LogP contribution in [0.2, 0.25) is 0 Å². The fraction of sp³-hybridized carbons (Fsp3) is 0.500. The highest BCUT2D eigenvalue weighted by molar-refractivity contribution is 7.22. The lowest BCUT2D eigenvalue weighted by atomic mass is 9.76. The van der Waals surface area contributed by atoms with Gasteiger partial charge in [-0.15, -0.1) is 0 Å². The summed E-state index contributed by atoms with van der Waals surface area (Å²) in [6.07, 6.45) is 6.47. The van der Waals surface area contributed by atoms with Crippen LogP contribution in [0.25, 0.3) is 21.3 Å². The van der Waals surface area contributed by atoms with E-state index in [1.165, 1.54) is 11.3 Å². The Hall–Kier alpha value is -3.64. The zero-order valence-corrected chi connectivity index (χ0v) is 24.2. The number of thiazole rings is 1. The van der Waals surface area contributed by atoms with Gasteiger partial charge in [0.2, 0.25) is 5.95 Å². The molecule has 0 bridgehead atoms. The fourth-order valence-corrected chi connectivity index (χ4v) is 6.42. The highest BCUT2D eigenvalue weighted by Gasteiger charge is 2.41.